The van der Waals surface area contributed by atoms with Crippen molar-refractivity contribution in [3.63, 3.8) is 0 Å². The van der Waals surface area contributed by atoms with E-state index in [1.165, 1.54) is 12.7 Å². The molecule has 1 aliphatic heterocycles. The van der Waals surface area contributed by atoms with Gasteiger partial charge in [-0.2, -0.15) is 10.4 Å². The number of nitriles is 1. The molecule has 0 unspecified atom stereocenters. The van der Waals surface area contributed by atoms with E-state index in [-0.39, 0.29) is 24.3 Å². The van der Waals surface area contributed by atoms with E-state index in [0.717, 1.165) is 23.2 Å². The lowest BCUT2D eigenvalue weighted by molar-refractivity contribution is -0.120. The van der Waals surface area contributed by atoms with Crippen LogP contribution in [0.25, 0.3) is 0 Å². The van der Waals surface area contributed by atoms with Crippen molar-refractivity contribution < 1.29 is 14.3 Å². The lowest BCUT2D eigenvalue weighted by Gasteiger charge is -2.37. The first kappa shape index (κ1) is 21.3. The van der Waals surface area contributed by atoms with Crippen LogP contribution in [0.1, 0.15) is 58.8 Å². The number of benzene rings is 2. The van der Waals surface area contributed by atoms with Crippen molar-refractivity contribution in [2.24, 2.45) is 11.0 Å². The van der Waals surface area contributed by atoms with E-state index in [2.05, 4.69) is 34.1 Å². The first-order valence-electron chi connectivity index (χ1n) is 10.5. The van der Waals surface area contributed by atoms with Gasteiger partial charge in [0.15, 0.2) is 0 Å². The van der Waals surface area contributed by atoms with Gasteiger partial charge in [-0.1, -0.05) is 30.4 Å². The van der Waals surface area contributed by atoms with Crippen LogP contribution >= 0.6 is 0 Å². The fourth-order valence-corrected chi connectivity index (χ4v) is 4.42. The summed E-state index contributed by atoms with van der Waals surface area (Å²) >= 11 is 0. The summed E-state index contributed by atoms with van der Waals surface area (Å²) in [5.41, 5.74) is 7.94. The molecule has 0 spiro atoms. The smallest absolute Gasteiger partial charge is 0.337 e. The summed E-state index contributed by atoms with van der Waals surface area (Å²) in [4.78, 5) is 23.3. The number of methoxy groups -OCH3 is 1. The number of nitrogens with zero attached hydrogens (tertiary/aromatic N) is 2. The van der Waals surface area contributed by atoms with Gasteiger partial charge in [0.1, 0.15) is 6.42 Å². The van der Waals surface area contributed by atoms with Gasteiger partial charge in [-0.05, 0) is 60.2 Å². The minimum Gasteiger partial charge on any atom is -0.465 e. The number of amides is 1. The van der Waals surface area contributed by atoms with Gasteiger partial charge in [-0.25, -0.2) is 10.2 Å². The summed E-state index contributed by atoms with van der Waals surface area (Å²) < 4.78 is 4.80. The number of carbonyl (C=O) groups excluding carboxylic acids is 2. The molecular formula is C25H24N4O3. The van der Waals surface area contributed by atoms with Crippen molar-refractivity contribution in [3.8, 4) is 6.07 Å². The van der Waals surface area contributed by atoms with Crippen LogP contribution in [0.4, 0.5) is 5.69 Å². The average molecular weight is 428 g/mol. The molecule has 162 valence electrons. The molecule has 4 rings (SSSR count). The SMILES string of the molecule is COC(=O)c1ccc([C@@H]2Nc3ccc(/C(C)=N\NC(=O)CC#N)cc3[C@@H]3C=CC[C@@H]32)cc1. The molecule has 7 heteroatoms. The second kappa shape index (κ2) is 9.06. The number of esters is 1. The third-order valence-electron chi connectivity index (χ3n) is 6.06. The zero-order valence-corrected chi connectivity index (χ0v) is 18.0. The lowest BCUT2D eigenvalue weighted by atomic mass is 9.76. The second-order valence-electron chi connectivity index (χ2n) is 7.96. The van der Waals surface area contributed by atoms with Crippen LogP contribution in [0.3, 0.4) is 0 Å². The van der Waals surface area contributed by atoms with Gasteiger partial charge >= 0.3 is 5.97 Å². The molecule has 0 saturated heterocycles. The van der Waals surface area contributed by atoms with Crippen molar-refractivity contribution >= 4 is 23.3 Å². The van der Waals surface area contributed by atoms with Gasteiger partial charge in [0.05, 0.1) is 30.5 Å². The van der Waals surface area contributed by atoms with E-state index >= 15 is 0 Å². The fourth-order valence-electron chi connectivity index (χ4n) is 4.42. The van der Waals surface area contributed by atoms with Crippen LogP contribution in [0.2, 0.25) is 0 Å². The number of hydrazone groups is 1. The van der Waals surface area contributed by atoms with E-state index in [1.807, 2.05) is 31.2 Å². The van der Waals surface area contributed by atoms with E-state index in [1.54, 1.807) is 18.2 Å². The molecule has 0 radical (unpaired) electrons. The standard InChI is InChI=1S/C25H24N4O3/c1-15(28-29-23(30)12-13-26)18-10-11-22-21(14-18)19-4-3-5-20(19)24(27-22)16-6-8-17(9-7-16)25(31)32-2/h3-4,6-11,14,19-20,24,27H,5,12H2,1-2H3,(H,29,30)/b28-15-/t19-,20+,24+/m1/s1. The number of fused-ring (bicyclic) bond motifs is 3. The Bertz CT molecular complexity index is 1140. The lowest BCUT2D eigenvalue weighted by Crippen LogP contribution is -2.29. The number of hydrogen-bond donors (Lipinski definition) is 2. The summed E-state index contributed by atoms with van der Waals surface area (Å²) in [5.74, 6) is -0.148. The van der Waals surface area contributed by atoms with Crippen molar-refractivity contribution in [1.29, 1.82) is 5.26 Å². The predicted molar refractivity (Wildman–Crippen MR) is 121 cm³/mol. The molecule has 3 atom stereocenters. The molecule has 0 fully saturated rings. The maximum absolute atomic E-state index is 11.8. The number of hydrogen-bond acceptors (Lipinski definition) is 6. The zero-order valence-electron chi connectivity index (χ0n) is 18.0. The molecule has 2 aliphatic rings. The molecule has 32 heavy (non-hydrogen) atoms. The van der Waals surface area contributed by atoms with Crippen LogP contribution in [-0.4, -0.2) is 24.7 Å². The number of nitrogens with one attached hydrogen (secondary N) is 2. The first-order chi connectivity index (χ1) is 15.5. The largest absolute Gasteiger partial charge is 0.465 e. The Labute approximate surface area is 186 Å². The fraction of sp³-hybridized carbons (Fsp3) is 0.280. The number of ether oxygens (including phenoxy) is 1. The second-order valence-corrected chi connectivity index (χ2v) is 7.96. The number of rotatable bonds is 5. The molecule has 0 saturated carbocycles. The van der Waals surface area contributed by atoms with Gasteiger partial charge < -0.3 is 10.1 Å². The van der Waals surface area contributed by atoms with E-state index in [0.29, 0.717) is 17.2 Å². The molecular weight excluding hydrogens is 404 g/mol. The topological polar surface area (TPSA) is 104 Å². The molecule has 1 heterocycles. The number of allylic oxidation sites excluding steroid dienone is 2. The highest BCUT2D eigenvalue weighted by atomic mass is 16.5. The molecule has 0 bridgehead atoms. The van der Waals surface area contributed by atoms with Crippen LogP contribution < -0.4 is 10.7 Å². The van der Waals surface area contributed by atoms with E-state index in [4.69, 9.17) is 10.00 Å². The molecule has 2 aromatic carbocycles. The van der Waals surface area contributed by atoms with E-state index in [9.17, 15) is 9.59 Å². The summed E-state index contributed by atoms with van der Waals surface area (Å²) in [6.45, 7) is 1.83. The Balaban J connectivity index is 1.60. The normalized spacial score (nSPS) is 21.0. The quantitative estimate of drug-likeness (QED) is 0.324. The number of anilines is 1. The predicted octanol–water partition coefficient (Wildman–Crippen LogP) is 4.05. The van der Waals surface area contributed by atoms with Crippen LogP contribution in [0.15, 0.2) is 59.7 Å². The van der Waals surface area contributed by atoms with Crippen molar-refractivity contribution in [3.05, 3.63) is 76.9 Å². The van der Waals surface area contributed by atoms with Gasteiger partial charge in [0, 0.05) is 11.6 Å². The van der Waals surface area contributed by atoms with Crippen molar-refractivity contribution in [2.45, 2.75) is 31.7 Å². The van der Waals surface area contributed by atoms with E-state index < -0.39 is 5.91 Å². The summed E-state index contributed by atoms with van der Waals surface area (Å²) in [5, 5.41) is 16.4. The summed E-state index contributed by atoms with van der Waals surface area (Å²) in [6.07, 6.45) is 5.21. The third-order valence-corrected chi connectivity index (χ3v) is 6.06. The molecule has 1 amide bonds. The molecule has 1 aliphatic carbocycles. The highest BCUT2D eigenvalue weighted by Gasteiger charge is 2.38. The Morgan fingerprint density at radius 1 is 1.22 bits per heavy atom. The monoisotopic (exact) mass is 428 g/mol. The van der Waals surface area contributed by atoms with Crippen molar-refractivity contribution in [1.82, 2.24) is 5.43 Å². The van der Waals surface area contributed by atoms with Crippen molar-refractivity contribution in [2.75, 3.05) is 12.4 Å². The average Bonchev–Trinajstić information content (AvgIpc) is 3.32. The minimum atomic E-state index is -0.425. The number of carbonyl (C=O) groups is 2. The van der Waals surface area contributed by atoms with Gasteiger partial charge in [-0.3, -0.25) is 4.79 Å². The Hall–Kier alpha value is -3.92. The molecule has 2 aromatic rings. The third kappa shape index (κ3) is 4.12. The van der Waals surface area contributed by atoms with Crippen LogP contribution in [0.5, 0.6) is 0 Å². The van der Waals surface area contributed by atoms with Crippen LogP contribution in [0, 0.1) is 17.2 Å². The van der Waals surface area contributed by atoms with Gasteiger partial charge in [0.2, 0.25) is 0 Å². The minimum absolute atomic E-state index is 0.125. The summed E-state index contributed by atoms with van der Waals surface area (Å²) in [6, 6.07) is 15.6. The Morgan fingerprint density at radius 2 is 1.97 bits per heavy atom. The highest BCUT2D eigenvalue weighted by molar-refractivity contribution is 6.00. The molecule has 2 N–H and O–H groups in total. The maximum Gasteiger partial charge on any atom is 0.337 e. The highest BCUT2D eigenvalue weighted by Crippen LogP contribution is 2.49. The Morgan fingerprint density at radius 3 is 2.69 bits per heavy atom. The van der Waals surface area contributed by atoms with Crippen LogP contribution in [-0.2, 0) is 9.53 Å². The zero-order chi connectivity index (χ0) is 22.7. The first-order valence-corrected chi connectivity index (χ1v) is 10.5. The summed E-state index contributed by atoms with van der Waals surface area (Å²) in [7, 11) is 1.38. The van der Waals surface area contributed by atoms with Gasteiger partial charge in [-0.15, -0.1) is 0 Å². The Kier molecular flexibility index (Phi) is 6.04. The molecule has 7 nitrogen and oxygen atoms in total. The maximum atomic E-state index is 11.8. The molecule has 0 aromatic heterocycles. The van der Waals surface area contributed by atoms with Gasteiger partial charge in [0.25, 0.3) is 5.91 Å².